The van der Waals surface area contributed by atoms with Crippen molar-refractivity contribution in [3.63, 3.8) is 0 Å². The SMILES string of the molecule is CCOC(=O)C(=O)c1ccc(S(=O)(=O)C2COC2)cc1. The van der Waals surface area contributed by atoms with Crippen molar-refractivity contribution < 1.29 is 27.5 Å². The molecular formula is C13H14O6S. The number of carbonyl (C=O) groups is 2. The average molecular weight is 298 g/mol. The first-order chi connectivity index (χ1) is 9.46. The van der Waals surface area contributed by atoms with Crippen molar-refractivity contribution in [2.24, 2.45) is 0 Å². The van der Waals surface area contributed by atoms with Gasteiger partial charge in [-0.15, -0.1) is 0 Å². The van der Waals surface area contributed by atoms with Gasteiger partial charge in [0.25, 0.3) is 5.78 Å². The Morgan fingerprint density at radius 1 is 1.25 bits per heavy atom. The molecule has 1 fully saturated rings. The van der Waals surface area contributed by atoms with Crippen molar-refractivity contribution in [1.29, 1.82) is 0 Å². The molecule has 0 bridgehead atoms. The summed E-state index contributed by atoms with van der Waals surface area (Å²) in [6.45, 7) is 2.08. The smallest absolute Gasteiger partial charge is 0.379 e. The number of hydrogen-bond acceptors (Lipinski definition) is 6. The third-order valence-electron chi connectivity index (χ3n) is 2.95. The molecule has 0 N–H and O–H groups in total. The van der Waals surface area contributed by atoms with Crippen LogP contribution in [-0.2, 0) is 24.1 Å². The van der Waals surface area contributed by atoms with Gasteiger partial charge in [0.05, 0.1) is 24.7 Å². The topological polar surface area (TPSA) is 86.7 Å². The molecule has 1 aliphatic heterocycles. The van der Waals surface area contributed by atoms with Crippen LogP contribution in [0.15, 0.2) is 29.2 Å². The third kappa shape index (κ3) is 2.73. The van der Waals surface area contributed by atoms with E-state index in [1.54, 1.807) is 6.92 Å². The van der Waals surface area contributed by atoms with Gasteiger partial charge in [-0.1, -0.05) is 0 Å². The maximum absolute atomic E-state index is 12.1. The fraction of sp³-hybridized carbons (Fsp3) is 0.385. The Labute approximate surface area is 116 Å². The van der Waals surface area contributed by atoms with E-state index in [2.05, 4.69) is 4.74 Å². The molecule has 2 rings (SSSR count). The molecule has 0 unspecified atom stereocenters. The summed E-state index contributed by atoms with van der Waals surface area (Å²) in [6.07, 6.45) is 0. The molecule has 0 spiro atoms. The van der Waals surface area contributed by atoms with Gasteiger partial charge in [-0.05, 0) is 31.2 Å². The van der Waals surface area contributed by atoms with Crippen LogP contribution in [0.2, 0.25) is 0 Å². The largest absolute Gasteiger partial charge is 0.460 e. The van der Waals surface area contributed by atoms with Crippen molar-refractivity contribution in [2.45, 2.75) is 17.1 Å². The summed E-state index contributed by atoms with van der Waals surface area (Å²) in [6, 6.07) is 5.26. The third-order valence-corrected chi connectivity index (χ3v) is 5.03. The molecule has 0 saturated carbocycles. The van der Waals surface area contributed by atoms with Crippen LogP contribution < -0.4 is 0 Å². The molecule has 0 aromatic heterocycles. The Balaban J connectivity index is 2.18. The van der Waals surface area contributed by atoms with Crippen LogP contribution in [-0.4, -0.2) is 45.2 Å². The molecule has 1 aromatic carbocycles. The lowest BCUT2D eigenvalue weighted by Gasteiger charge is -2.25. The van der Waals surface area contributed by atoms with E-state index in [-0.39, 0.29) is 30.3 Å². The summed E-state index contributed by atoms with van der Waals surface area (Å²) < 4.78 is 33.6. The monoisotopic (exact) mass is 298 g/mol. The van der Waals surface area contributed by atoms with Gasteiger partial charge < -0.3 is 9.47 Å². The number of rotatable bonds is 5. The van der Waals surface area contributed by atoms with E-state index in [0.717, 1.165) is 0 Å². The Kier molecular flexibility index (Phi) is 4.20. The van der Waals surface area contributed by atoms with Crippen molar-refractivity contribution in [3.8, 4) is 0 Å². The zero-order valence-corrected chi connectivity index (χ0v) is 11.7. The summed E-state index contributed by atoms with van der Waals surface area (Å²) in [5, 5.41) is -0.533. The highest BCUT2D eigenvalue weighted by Crippen LogP contribution is 2.21. The van der Waals surface area contributed by atoms with E-state index in [1.165, 1.54) is 24.3 Å². The summed E-state index contributed by atoms with van der Waals surface area (Å²) in [4.78, 5) is 23.1. The Bertz CT molecular complexity index is 613. The lowest BCUT2D eigenvalue weighted by Crippen LogP contribution is -2.40. The molecule has 1 aliphatic rings. The molecule has 7 heteroatoms. The predicted octanol–water partition coefficient (Wildman–Crippen LogP) is 0.605. The maximum Gasteiger partial charge on any atom is 0.379 e. The Morgan fingerprint density at radius 3 is 2.30 bits per heavy atom. The van der Waals surface area contributed by atoms with Gasteiger partial charge in [-0.25, -0.2) is 13.2 Å². The van der Waals surface area contributed by atoms with Crippen LogP contribution in [0.4, 0.5) is 0 Å². The molecule has 1 saturated heterocycles. The average Bonchev–Trinajstić information content (AvgIpc) is 2.35. The summed E-state index contributed by atoms with van der Waals surface area (Å²) in [7, 11) is -3.43. The predicted molar refractivity (Wildman–Crippen MR) is 69.2 cm³/mol. The number of esters is 1. The second-order valence-corrected chi connectivity index (χ2v) is 6.51. The van der Waals surface area contributed by atoms with Crippen LogP contribution in [0.1, 0.15) is 17.3 Å². The minimum atomic E-state index is -3.43. The maximum atomic E-state index is 12.1. The van der Waals surface area contributed by atoms with E-state index in [4.69, 9.17) is 4.74 Å². The number of benzene rings is 1. The van der Waals surface area contributed by atoms with Crippen LogP contribution in [0.25, 0.3) is 0 Å². The molecule has 0 aliphatic carbocycles. The standard InChI is InChI=1S/C13H14O6S/c1-2-19-13(15)12(14)9-3-5-10(6-4-9)20(16,17)11-7-18-8-11/h3-6,11H,2,7-8H2,1H3. The number of hydrogen-bond donors (Lipinski definition) is 0. The lowest BCUT2D eigenvalue weighted by molar-refractivity contribution is -0.137. The molecule has 108 valence electrons. The zero-order chi connectivity index (χ0) is 14.8. The summed E-state index contributed by atoms with van der Waals surface area (Å²) in [5.41, 5.74) is 0.104. The van der Waals surface area contributed by atoms with Crippen molar-refractivity contribution in [2.75, 3.05) is 19.8 Å². The van der Waals surface area contributed by atoms with E-state index in [9.17, 15) is 18.0 Å². The molecule has 0 radical (unpaired) electrons. The minimum absolute atomic E-state index is 0.104. The second-order valence-electron chi connectivity index (χ2n) is 4.28. The number of sulfone groups is 1. The first-order valence-electron chi connectivity index (χ1n) is 6.10. The number of ether oxygens (including phenoxy) is 2. The van der Waals surface area contributed by atoms with Crippen molar-refractivity contribution in [1.82, 2.24) is 0 Å². The van der Waals surface area contributed by atoms with E-state index >= 15 is 0 Å². The fourth-order valence-electron chi connectivity index (χ4n) is 1.70. The van der Waals surface area contributed by atoms with Crippen LogP contribution in [0, 0.1) is 0 Å². The molecule has 1 heterocycles. The molecule has 20 heavy (non-hydrogen) atoms. The first-order valence-corrected chi connectivity index (χ1v) is 7.64. The fourth-order valence-corrected chi connectivity index (χ4v) is 3.15. The molecule has 0 amide bonds. The molecule has 6 nitrogen and oxygen atoms in total. The summed E-state index contributed by atoms with van der Waals surface area (Å²) >= 11 is 0. The van der Waals surface area contributed by atoms with E-state index in [0.29, 0.717) is 0 Å². The van der Waals surface area contributed by atoms with Gasteiger partial charge in [-0.2, -0.15) is 0 Å². The van der Waals surface area contributed by atoms with Crippen molar-refractivity contribution >= 4 is 21.6 Å². The van der Waals surface area contributed by atoms with Gasteiger partial charge in [-0.3, -0.25) is 4.79 Å². The zero-order valence-electron chi connectivity index (χ0n) is 10.9. The molecule has 1 aromatic rings. The second kappa shape index (κ2) is 5.72. The number of Topliss-reactive ketones (excluding diaryl/α,β-unsaturated/α-hetero) is 1. The Hall–Kier alpha value is -1.73. The van der Waals surface area contributed by atoms with Crippen molar-refractivity contribution in [3.05, 3.63) is 29.8 Å². The first kappa shape index (κ1) is 14.7. The highest BCUT2D eigenvalue weighted by Gasteiger charge is 2.34. The Morgan fingerprint density at radius 2 is 1.85 bits per heavy atom. The van der Waals surface area contributed by atoms with Gasteiger partial charge in [0.2, 0.25) is 0 Å². The van der Waals surface area contributed by atoms with Gasteiger partial charge >= 0.3 is 5.97 Å². The van der Waals surface area contributed by atoms with E-state index < -0.39 is 26.8 Å². The van der Waals surface area contributed by atoms with Crippen LogP contribution in [0.5, 0.6) is 0 Å². The van der Waals surface area contributed by atoms with Gasteiger partial charge in [0.15, 0.2) is 9.84 Å². The van der Waals surface area contributed by atoms with Crippen LogP contribution in [0.3, 0.4) is 0 Å². The number of carbonyl (C=O) groups excluding carboxylic acids is 2. The highest BCUT2D eigenvalue weighted by molar-refractivity contribution is 7.92. The van der Waals surface area contributed by atoms with Gasteiger partial charge in [0, 0.05) is 5.56 Å². The van der Waals surface area contributed by atoms with Crippen LogP contribution >= 0.6 is 0 Å². The van der Waals surface area contributed by atoms with Gasteiger partial charge in [0.1, 0.15) is 5.25 Å². The molecular weight excluding hydrogens is 284 g/mol. The molecule has 0 atom stereocenters. The van der Waals surface area contributed by atoms with E-state index in [1.807, 2.05) is 0 Å². The highest BCUT2D eigenvalue weighted by atomic mass is 32.2. The normalized spacial score (nSPS) is 15.4. The summed E-state index contributed by atoms with van der Waals surface area (Å²) in [5.74, 6) is -1.74. The lowest BCUT2D eigenvalue weighted by atomic mass is 10.1. The minimum Gasteiger partial charge on any atom is -0.460 e. The quantitative estimate of drug-likeness (QED) is 0.449. The number of ketones is 1.